The zero-order valence-corrected chi connectivity index (χ0v) is 10.8. The van der Waals surface area contributed by atoms with Crippen molar-refractivity contribution in [2.24, 2.45) is 0 Å². The summed E-state index contributed by atoms with van der Waals surface area (Å²) in [6.45, 7) is 6.23. The second-order valence-electron chi connectivity index (χ2n) is 4.50. The summed E-state index contributed by atoms with van der Waals surface area (Å²) in [5, 5.41) is 25.4. The monoisotopic (exact) mass is 248 g/mol. The zero-order valence-electron chi connectivity index (χ0n) is 10.8. The Hall–Kier alpha value is -0.460. The van der Waals surface area contributed by atoms with Gasteiger partial charge in [0.25, 0.3) is 0 Å². The fourth-order valence-corrected chi connectivity index (χ4v) is 1.49. The molecule has 1 aliphatic heterocycles. The Bertz CT molecular complexity index is 205. The van der Waals surface area contributed by atoms with Gasteiger partial charge in [-0.05, 0) is 26.7 Å². The Kier molecular flexibility index (Phi) is 7.58. The summed E-state index contributed by atoms with van der Waals surface area (Å²) in [6, 6.07) is 0. The molecule has 0 aliphatic carbocycles. The maximum absolute atomic E-state index is 9.21. The number of rotatable bonds is 3. The Labute approximate surface area is 103 Å². The van der Waals surface area contributed by atoms with E-state index < -0.39 is 12.1 Å². The maximum Gasteiger partial charge on any atom is 0.156 e. The van der Waals surface area contributed by atoms with Crippen LogP contribution in [0.25, 0.3) is 0 Å². The highest BCUT2D eigenvalue weighted by Crippen LogP contribution is 2.22. The molecule has 102 valence electrons. The molecule has 0 radical (unpaired) electrons. The van der Waals surface area contributed by atoms with Crippen LogP contribution < -0.4 is 0 Å². The van der Waals surface area contributed by atoms with Gasteiger partial charge in [-0.3, -0.25) is 0 Å². The molecule has 1 rings (SSSR count). The molecule has 3 unspecified atom stereocenters. The van der Waals surface area contributed by atoms with Crippen LogP contribution in [-0.4, -0.2) is 46.7 Å². The molecule has 1 fully saturated rings. The number of hydrogen-bond acceptors (Lipinski definition) is 5. The van der Waals surface area contributed by atoms with E-state index in [-0.39, 0.29) is 12.2 Å². The van der Waals surface area contributed by atoms with Crippen molar-refractivity contribution in [1.29, 1.82) is 0 Å². The van der Waals surface area contributed by atoms with E-state index in [1.165, 1.54) is 13.8 Å². The van der Waals surface area contributed by atoms with Crippen molar-refractivity contribution < 1.29 is 24.8 Å². The molecular weight excluding hydrogens is 224 g/mol. The van der Waals surface area contributed by atoms with Crippen molar-refractivity contribution in [1.82, 2.24) is 0 Å². The van der Waals surface area contributed by atoms with Gasteiger partial charge < -0.3 is 24.8 Å². The minimum absolute atomic E-state index is 0.0313. The third-order valence-electron chi connectivity index (χ3n) is 2.15. The molecule has 3 N–H and O–H groups in total. The summed E-state index contributed by atoms with van der Waals surface area (Å²) >= 11 is 0. The summed E-state index contributed by atoms with van der Waals surface area (Å²) in [5.41, 5.74) is 0. The van der Waals surface area contributed by atoms with Gasteiger partial charge in [-0.25, -0.2) is 0 Å². The van der Waals surface area contributed by atoms with Crippen molar-refractivity contribution in [3.63, 3.8) is 0 Å². The summed E-state index contributed by atoms with van der Waals surface area (Å²) in [6.07, 6.45) is 3.48. The van der Waals surface area contributed by atoms with Crippen molar-refractivity contribution in [3.05, 3.63) is 12.7 Å². The molecular formula is C12H24O5. The predicted octanol–water partition coefficient (Wildman–Crippen LogP) is 0.782. The van der Waals surface area contributed by atoms with Crippen LogP contribution in [-0.2, 0) is 9.47 Å². The van der Waals surface area contributed by atoms with Gasteiger partial charge in [0.2, 0.25) is 0 Å². The molecule has 0 saturated carbocycles. The first kappa shape index (κ1) is 16.5. The summed E-state index contributed by atoms with van der Waals surface area (Å²) in [5.74, 6) is -1.50. The van der Waals surface area contributed by atoms with Crippen LogP contribution >= 0.6 is 0 Å². The first-order valence-corrected chi connectivity index (χ1v) is 5.70. The van der Waals surface area contributed by atoms with E-state index in [9.17, 15) is 5.11 Å². The van der Waals surface area contributed by atoms with Gasteiger partial charge in [-0.1, -0.05) is 6.08 Å². The molecule has 0 aromatic carbocycles. The standard InChI is InChI=1S/C9H16O3.C3H8O2/c1-3-4-8-7(11-2)5-6-9(10)12-8;1-3(2,4)5/h3,7-10H,1,4-6H2,2H3;4-5H,1-2H3. The zero-order chi connectivity index (χ0) is 13.5. The van der Waals surface area contributed by atoms with Crippen molar-refractivity contribution in [3.8, 4) is 0 Å². The Morgan fingerprint density at radius 2 is 1.94 bits per heavy atom. The SMILES string of the molecule is C=CCC1OC(O)CCC1OC.CC(C)(O)O. The summed E-state index contributed by atoms with van der Waals surface area (Å²) in [4.78, 5) is 0. The molecule has 17 heavy (non-hydrogen) atoms. The van der Waals surface area contributed by atoms with Crippen LogP contribution in [0.3, 0.4) is 0 Å². The van der Waals surface area contributed by atoms with Gasteiger partial charge >= 0.3 is 0 Å². The number of ether oxygens (including phenoxy) is 2. The first-order valence-electron chi connectivity index (χ1n) is 5.70. The Morgan fingerprint density at radius 1 is 1.41 bits per heavy atom. The first-order chi connectivity index (χ1) is 7.77. The fraction of sp³-hybridized carbons (Fsp3) is 0.833. The number of aliphatic hydroxyl groups is 3. The topological polar surface area (TPSA) is 79.2 Å². The molecule has 0 aromatic rings. The van der Waals surface area contributed by atoms with Crippen molar-refractivity contribution in [2.45, 2.75) is 57.4 Å². The lowest BCUT2D eigenvalue weighted by molar-refractivity contribution is -0.202. The molecule has 1 heterocycles. The van der Waals surface area contributed by atoms with Gasteiger partial charge in [-0.2, -0.15) is 0 Å². The predicted molar refractivity (Wildman–Crippen MR) is 64.2 cm³/mol. The average Bonchev–Trinajstić information content (AvgIpc) is 2.16. The minimum Gasteiger partial charge on any atom is -0.379 e. The number of hydrogen-bond donors (Lipinski definition) is 3. The molecule has 0 bridgehead atoms. The molecule has 0 aromatic heterocycles. The number of methoxy groups -OCH3 is 1. The highest BCUT2D eigenvalue weighted by molar-refractivity contribution is 4.82. The van der Waals surface area contributed by atoms with E-state index in [4.69, 9.17) is 19.7 Å². The quantitative estimate of drug-likeness (QED) is 0.508. The normalized spacial score (nSPS) is 29.2. The lowest BCUT2D eigenvalue weighted by Crippen LogP contribution is -2.39. The van der Waals surface area contributed by atoms with Gasteiger partial charge in [0.05, 0.1) is 12.2 Å². The molecule has 1 aliphatic rings. The van der Waals surface area contributed by atoms with Crippen LogP contribution in [0.5, 0.6) is 0 Å². The molecule has 1 saturated heterocycles. The Morgan fingerprint density at radius 3 is 2.35 bits per heavy atom. The molecule has 5 heteroatoms. The molecule has 3 atom stereocenters. The van der Waals surface area contributed by atoms with Gasteiger partial charge in [-0.15, -0.1) is 6.58 Å². The largest absolute Gasteiger partial charge is 0.379 e. The van der Waals surface area contributed by atoms with Crippen LogP contribution in [0.15, 0.2) is 12.7 Å². The van der Waals surface area contributed by atoms with E-state index in [0.29, 0.717) is 6.42 Å². The average molecular weight is 248 g/mol. The van der Waals surface area contributed by atoms with Gasteiger partial charge in [0.1, 0.15) is 0 Å². The van der Waals surface area contributed by atoms with Gasteiger partial charge in [0.15, 0.2) is 12.1 Å². The second-order valence-corrected chi connectivity index (χ2v) is 4.50. The third kappa shape index (κ3) is 9.26. The smallest absolute Gasteiger partial charge is 0.156 e. The molecule has 5 nitrogen and oxygen atoms in total. The summed E-state index contributed by atoms with van der Waals surface area (Å²) < 4.78 is 10.5. The summed E-state index contributed by atoms with van der Waals surface area (Å²) in [7, 11) is 1.67. The lowest BCUT2D eigenvalue weighted by Gasteiger charge is -2.32. The third-order valence-corrected chi connectivity index (χ3v) is 2.15. The van der Waals surface area contributed by atoms with Crippen LogP contribution in [0.1, 0.15) is 33.1 Å². The Balaban J connectivity index is 0.000000437. The lowest BCUT2D eigenvalue weighted by atomic mass is 10.0. The maximum atomic E-state index is 9.21. The fourth-order valence-electron chi connectivity index (χ4n) is 1.49. The molecule has 0 amide bonds. The van der Waals surface area contributed by atoms with E-state index >= 15 is 0 Å². The van der Waals surface area contributed by atoms with Crippen LogP contribution in [0.4, 0.5) is 0 Å². The van der Waals surface area contributed by atoms with E-state index in [1.807, 2.05) is 0 Å². The van der Waals surface area contributed by atoms with Crippen LogP contribution in [0.2, 0.25) is 0 Å². The second kappa shape index (κ2) is 7.79. The van der Waals surface area contributed by atoms with E-state index in [2.05, 4.69) is 6.58 Å². The van der Waals surface area contributed by atoms with Gasteiger partial charge in [0, 0.05) is 13.5 Å². The molecule has 0 spiro atoms. The number of aliphatic hydroxyl groups excluding tert-OH is 1. The van der Waals surface area contributed by atoms with Crippen molar-refractivity contribution >= 4 is 0 Å². The van der Waals surface area contributed by atoms with Crippen molar-refractivity contribution in [2.75, 3.05) is 7.11 Å². The highest BCUT2D eigenvalue weighted by atomic mass is 16.6. The van der Waals surface area contributed by atoms with E-state index in [0.717, 1.165) is 12.8 Å². The highest BCUT2D eigenvalue weighted by Gasteiger charge is 2.28. The minimum atomic E-state index is -1.50. The van der Waals surface area contributed by atoms with Crippen LogP contribution in [0, 0.1) is 0 Å². The van der Waals surface area contributed by atoms with E-state index in [1.54, 1.807) is 13.2 Å².